The Labute approximate surface area is 137 Å². The second kappa shape index (κ2) is 7.08. The van der Waals surface area contributed by atoms with Crippen molar-refractivity contribution < 1.29 is 62.7 Å². The van der Waals surface area contributed by atoms with E-state index in [4.69, 9.17) is 0 Å². The van der Waals surface area contributed by atoms with E-state index < -0.39 is 55.8 Å². The fraction of sp³-hybridized carbons (Fsp3) is 0.333. The number of alkyl halides is 6. The molecule has 0 aliphatic carbocycles. The zero-order chi connectivity index (χ0) is 16.6. The minimum Gasteiger partial charge on any atom is -0.768 e. The van der Waals surface area contributed by atoms with E-state index in [1.54, 1.807) is 0 Å². The van der Waals surface area contributed by atoms with Gasteiger partial charge in [-0.25, -0.2) is 8.78 Å². The van der Waals surface area contributed by atoms with Crippen molar-refractivity contribution in [2.24, 2.45) is 0 Å². The first-order valence-electron chi connectivity index (χ1n) is 4.70. The van der Waals surface area contributed by atoms with Crippen molar-refractivity contribution >= 4 is 22.8 Å². The summed E-state index contributed by atoms with van der Waals surface area (Å²) in [5, 5.41) is -11.8. The largest absolute Gasteiger partial charge is 1.00 e. The third kappa shape index (κ3) is 3.97. The summed E-state index contributed by atoms with van der Waals surface area (Å²) >= 11 is -6.19. The topological polar surface area (TPSA) is 40.1 Å². The molecule has 0 radical (unpaired) electrons. The summed E-state index contributed by atoms with van der Waals surface area (Å²) in [6, 6.07) is 0.829. The number of hydrogen-bond acceptors (Lipinski definition) is 3. The predicted octanol–water partition coefficient (Wildman–Crippen LogP) is 0.761. The van der Waals surface area contributed by atoms with Crippen molar-refractivity contribution in [1.29, 1.82) is 0 Å². The van der Waals surface area contributed by atoms with Gasteiger partial charge in [-0.05, 0) is 23.9 Å². The second-order valence-corrected chi connectivity index (χ2v) is 5.66. The van der Waals surface area contributed by atoms with Crippen molar-refractivity contribution in [3.8, 4) is 0 Å². The van der Waals surface area contributed by atoms with E-state index >= 15 is 0 Å². The Morgan fingerprint density at radius 3 is 1.95 bits per heavy atom. The van der Waals surface area contributed by atoms with E-state index in [1.165, 1.54) is 0 Å². The Morgan fingerprint density at radius 2 is 1.55 bits per heavy atom. The van der Waals surface area contributed by atoms with Crippen molar-refractivity contribution in [1.82, 2.24) is 0 Å². The zero-order valence-corrected chi connectivity index (χ0v) is 12.0. The SMILES string of the molecule is O=S([O-])C(F)(F)C(F)(F)C(F)(F)Sc1ccc(F)cc1F.[Li+]. The van der Waals surface area contributed by atoms with Gasteiger partial charge in [0, 0.05) is 22.0 Å². The van der Waals surface area contributed by atoms with Crippen LogP contribution >= 0.6 is 11.8 Å². The molecule has 1 atom stereocenters. The summed E-state index contributed by atoms with van der Waals surface area (Å²) in [6.07, 6.45) is 0. The van der Waals surface area contributed by atoms with Gasteiger partial charge in [0.2, 0.25) is 0 Å². The molecule has 0 aromatic heterocycles. The normalized spacial score (nSPS) is 14.4. The van der Waals surface area contributed by atoms with Crippen LogP contribution in [0.2, 0.25) is 0 Å². The van der Waals surface area contributed by atoms with Gasteiger partial charge in [-0.15, -0.1) is 0 Å². The van der Waals surface area contributed by atoms with Crippen LogP contribution in [0.15, 0.2) is 23.1 Å². The summed E-state index contributed by atoms with van der Waals surface area (Å²) in [5.41, 5.74) is 0. The van der Waals surface area contributed by atoms with Crippen LogP contribution < -0.4 is 18.9 Å². The van der Waals surface area contributed by atoms with E-state index in [0.717, 1.165) is 0 Å². The quantitative estimate of drug-likeness (QED) is 0.335. The molecule has 1 rings (SSSR count). The van der Waals surface area contributed by atoms with E-state index in [-0.39, 0.29) is 24.9 Å². The number of thioether (sulfide) groups is 1. The molecule has 0 amide bonds. The standard InChI is InChI=1S/C9H4F8O2S2.Li/c10-4-1-2-6(5(11)3-4)20-8(14,15)7(12,13)9(16,17)21(18)19;/h1-3H,(H,18,19);/q;+1/p-1. The molecule has 1 aromatic carbocycles. The predicted molar refractivity (Wildman–Crippen MR) is 56.0 cm³/mol. The number of hydrogen-bond donors (Lipinski definition) is 0. The van der Waals surface area contributed by atoms with E-state index in [0.29, 0.717) is 12.1 Å². The molecule has 120 valence electrons. The number of rotatable bonds is 5. The number of benzene rings is 1. The molecule has 0 saturated heterocycles. The van der Waals surface area contributed by atoms with E-state index in [1.807, 2.05) is 0 Å². The molecule has 0 saturated carbocycles. The molecule has 0 bridgehead atoms. The van der Waals surface area contributed by atoms with Gasteiger partial charge in [0.05, 0.1) is 0 Å². The molecule has 0 spiro atoms. The molecule has 0 aliphatic heterocycles. The smallest absolute Gasteiger partial charge is 0.768 e. The first-order valence-corrected chi connectivity index (χ1v) is 6.59. The van der Waals surface area contributed by atoms with Crippen LogP contribution in [0.3, 0.4) is 0 Å². The van der Waals surface area contributed by atoms with Gasteiger partial charge in [-0.2, -0.15) is 26.3 Å². The molecule has 1 unspecified atom stereocenters. The molecule has 2 nitrogen and oxygen atoms in total. The Bertz CT molecular complexity index is 569. The Hall–Kier alpha value is -0.283. The van der Waals surface area contributed by atoms with Crippen LogP contribution in [-0.2, 0) is 11.1 Å². The zero-order valence-electron chi connectivity index (χ0n) is 10.4. The molecule has 13 heteroatoms. The Balaban J connectivity index is 0.00000441. The van der Waals surface area contributed by atoms with Gasteiger partial charge in [-0.1, -0.05) is 0 Å². The second-order valence-electron chi connectivity index (χ2n) is 3.52. The summed E-state index contributed by atoms with van der Waals surface area (Å²) in [6.45, 7) is 0. The maximum Gasteiger partial charge on any atom is 1.00 e. The summed E-state index contributed by atoms with van der Waals surface area (Å²) in [4.78, 5) is -1.26. The molecule has 0 aliphatic rings. The Morgan fingerprint density at radius 1 is 1.05 bits per heavy atom. The van der Waals surface area contributed by atoms with Crippen molar-refractivity contribution in [2.45, 2.75) is 21.3 Å². The molecular formula is C9H3F8LiO2S2. The van der Waals surface area contributed by atoms with Crippen LogP contribution in [0.4, 0.5) is 35.1 Å². The van der Waals surface area contributed by atoms with Crippen LogP contribution in [0, 0.1) is 11.6 Å². The Kier molecular flexibility index (Phi) is 6.99. The molecule has 1 aromatic rings. The van der Waals surface area contributed by atoms with Crippen molar-refractivity contribution in [3.63, 3.8) is 0 Å². The third-order valence-electron chi connectivity index (χ3n) is 2.07. The summed E-state index contributed by atoms with van der Waals surface area (Å²) < 4.78 is 123. The van der Waals surface area contributed by atoms with E-state index in [9.17, 15) is 43.9 Å². The van der Waals surface area contributed by atoms with Crippen LogP contribution in [0.1, 0.15) is 0 Å². The molecule has 0 N–H and O–H groups in total. The first-order chi connectivity index (χ1) is 9.33. The maximum atomic E-state index is 13.2. The average Bonchev–Trinajstić information content (AvgIpc) is 2.32. The number of halogens is 8. The molecule has 0 fully saturated rings. The van der Waals surface area contributed by atoms with Gasteiger partial charge in [0.1, 0.15) is 11.6 Å². The molecular weight excluding hydrogens is 363 g/mol. The fourth-order valence-corrected chi connectivity index (χ4v) is 2.26. The average molecular weight is 366 g/mol. The van der Waals surface area contributed by atoms with Crippen molar-refractivity contribution in [3.05, 3.63) is 29.8 Å². The third-order valence-corrected chi connectivity index (χ3v) is 3.81. The minimum absolute atomic E-state index is 0. The van der Waals surface area contributed by atoms with Crippen LogP contribution in [-0.4, -0.2) is 25.2 Å². The summed E-state index contributed by atoms with van der Waals surface area (Å²) in [7, 11) is 0. The fourth-order valence-electron chi connectivity index (χ4n) is 1.03. The van der Waals surface area contributed by atoms with Gasteiger partial charge in [0.15, 0.2) is 0 Å². The maximum absolute atomic E-state index is 13.2. The minimum atomic E-state index is -6.32. The van der Waals surface area contributed by atoms with Gasteiger partial charge < -0.3 is 4.55 Å². The first kappa shape index (κ1) is 21.7. The van der Waals surface area contributed by atoms with Gasteiger partial charge >= 0.3 is 35.3 Å². The van der Waals surface area contributed by atoms with E-state index in [2.05, 4.69) is 0 Å². The van der Waals surface area contributed by atoms with Gasteiger partial charge in [0.25, 0.3) is 0 Å². The van der Waals surface area contributed by atoms with Gasteiger partial charge in [-0.3, -0.25) is 4.21 Å². The molecule has 0 heterocycles. The monoisotopic (exact) mass is 366 g/mol. The van der Waals surface area contributed by atoms with Crippen molar-refractivity contribution in [2.75, 3.05) is 0 Å². The molecule has 22 heavy (non-hydrogen) atoms. The van der Waals surface area contributed by atoms with Crippen LogP contribution in [0.25, 0.3) is 0 Å². The summed E-state index contributed by atoms with van der Waals surface area (Å²) in [5.74, 6) is -9.22. The van der Waals surface area contributed by atoms with Crippen LogP contribution in [0.5, 0.6) is 0 Å².